The lowest BCUT2D eigenvalue weighted by atomic mass is 9.83. The van der Waals surface area contributed by atoms with Crippen LogP contribution in [0.2, 0.25) is 0 Å². The number of carbonyl (C=O) groups excluding carboxylic acids is 1. The van der Waals surface area contributed by atoms with Crippen LogP contribution in [0.4, 0.5) is 0 Å². The smallest absolute Gasteiger partial charge is 0.251 e. The number of hydrogen-bond acceptors (Lipinski definition) is 1. The van der Waals surface area contributed by atoms with E-state index in [9.17, 15) is 4.79 Å². The van der Waals surface area contributed by atoms with Crippen molar-refractivity contribution in [2.45, 2.75) is 26.2 Å². The van der Waals surface area contributed by atoms with Crippen LogP contribution in [0.25, 0.3) is 0 Å². The molecule has 1 aromatic rings. The summed E-state index contributed by atoms with van der Waals surface area (Å²) in [7, 11) is 0. The Morgan fingerprint density at radius 1 is 1.35 bits per heavy atom. The lowest BCUT2D eigenvalue weighted by molar-refractivity contribution is 0.0955. The molecule has 0 fully saturated rings. The zero-order valence-corrected chi connectivity index (χ0v) is 11.3. The van der Waals surface area contributed by atoms with Crippen molar-refractivity contribution in [3.8, 4) is 0 Å². The summed E-state index contributed by atoms with van der Waals surface area (Å²) in [5.41, 5.74) is 1.65. The highest BCUT2D eigenvalue weighted by Gasteiger charge is 2.20. The highest BCUT2D eigenvalue weighted by Crippen LogP contribution is 2.25. The minimum absolute atomic E-state index is 0.0636. The van der Waals surface area contributed by atoms with Crippen molar-refractivity contribution in [3.05, 3.63) is 47.0 Å². The molecular formula is C14H18ClNO. The van der Waals surface area contributed by atoms with Crippen LogP contribution in [0.1, 0.15) is 36.7 Å². The summed E-state index contributed by atoms with van der Waals surface area (Å²) < 4.78 is 0. The molecule has 0 atom stereocenters. The molecule has 0 aliphatic rings. The molecule has 1 rings (SSSR count). The fourth-order valence-corrected chi connectivity index (χ4v) is 1.67. The molecule has 0 radical (unpaired) electrons. The van der Waals surface area contributed by atoms with E-state index in [2.05, 4.69) is 32.7 Å². The minimum atomic E-state index is -0.114. The van der Waals surface area contributed by atoms with Crippen LogP contribution < -0.4 is 5.32 Å². The van der Waals surface area contributed by atoms with Crippen molar-refractivity contribution in [1.82, 2.24) is 5.32 Å². The Balaban J connectivity index is 2.98. The van der Waals surface area contributed by atoms with E-state index < -0.39 is 0 Å². The molecule has 0 spiro atoms. The molecule has 0 unspecified atom stereocenters. The lowest BCUT2D eigenvalue weighted by Crippen LogP contribution is -2.28. The Morgan fingerprint density at radius 2 is 1.94 bits per heavy atom. The summed E-state index contributed by atoms with van der Waals surface area (Å²) in [4.78, 5) is 12.0. The Kier molecular flexibility index (Phi) is 4.35. The van der Waals surface area contributed by atoms with Crippen LogP contribution in [-0.4, -0.2) is 12.5 Å². The maximum atomic E-state index is 12.0. The molecular weight excluding hydrogens is 234 g/mol. The van der Waals surface area contributed by atoms with Gasteiger partial charge in [0.1, 0.15) is 0 Å². The van der Waals surface area contributed by atoms with Crippen LogP contribution in [0.15, 0.2) is 35.9 Å². The van der Waals surface area contributed by atoms with E-state index in [1.165, 1.54) is 0 Å². The second-order valence-electron chi connectivity index (χ2n) is 5.00. The van der Waals surface area contributed by atoms with E-state index in [4.69, 9.17) is 11.6 Å². The Bertz CT molecular complexity index is 432. The van der Waals surface area contributed by atoms with Crippen molar-refractivity contribution in [1.29, 1.82) is 0 Å². The van der Waals surface area contributed by atoms with Gasteiger partial charge in [0, 0.05) is 10.6 Å². The van der Waals surface area contributed by atoms with Gasteiger partial charge >= 0.3 is 0 Å². The van der Waals surface area contributed by atoms with Crippen LogP contribution in [-0.2, 0) is 5.41 Å². The minimum Gasteiger partial charge on any atom is -0.347 e. The monoisotopic (exact) mass is 251 g/mol. The van der Waals surface area contributed by atoms with Crippen molar-refractivity contribution >= 4 is 17.5 Å². The van der Waals surface area contributed by atoms with Gasteiger partial charge in [0.2, 0.25) is 0 Å². The molecule has 17 heavy (non-hydrogen) atoms. The fraction of sp³-hybridized carbons (Fsp3) is 0.357. The molecule has 92 valence electrons. The molecule has 0 aliphatic carbocycles. The molecule has 0 saturated heterocycles. The predicted molar refractivity (Wildman–Crippen MR) is 72.5 cm³/mol. The van der Waals surface area contributed by atoms with Gasteiger partial charge in [-0.25, -0.2) is 0 Å². The molecule has 0 heterocycles. The number of amides is 1. The average molecular weight is 252 g/mol. The van der Waals surface area contributed by atoms with Crippen molar-refractivity contribution in [3.63, 3.8) is 0 Å². The molecule has 0 bridgehead atoms. The predicted octanol–water partition coefficient (Wildman–Crippen LogP) is 3.47. The first-order chi connectivity index (χ1) is 7.82. The molecule has 2 nitrogen and oxygen atoms in total. The third kappa shape index (κ3) is 3.90. The normalized spacial score (nSPS) is 11.1. The summed E-state index contributed by atoms with van der Waals surface area (Å²) in [6, 6.07) is 7.61. The first-order valence-electron chi connectivity index (χ1n) is 5.53. The number of benzene rings is 1. The van der Waals surface area contributed by atoms with E-state index >= 15 is 0 Å². The van der Waals surface area contributed by atoms with Crippen molar-refractivity contribution < 1.29 is 4.79 Å². The van der Waals surface area contributed by atoms with Crippen LogP contribution >= 0.6 is 11.6 Å². The average Bonchev–Trinajstić information content (AvgIpc) is 2.24. The SMILES string of the molecule is C=C(Cl)CNC(=O)c1ccccc1C(C)(C)C. The number of rotatable bonds is 3. The van der Waals surface area contributed by atoms with Crippen LogP contribution in [0, 0.1) is 0 Å². The Labute approximate surface area is 108 Å². The van der Waals surface area contributed by atoms with Gasteiger partial charge in [0.05, 0.1) is 6.54 Å². The Morgan fingerprint density at radius 3 is 2.47 bits per heavy atom. The van der Waals surface area contributed by atoms with Crippen LogP contribution in [0.3, 0.4) is 0 Å². The van der Waals surface area contributed by atoms with E-state index in [-0.39, 0.29) is 11.3 Å². The standard InChI is InChI=1S/C14H18ClNO/c1-10(15)9-16-13(17)11-7-5-6-8-12(11)14(2,3)4/h5-8H,1,9H2,2-4H3,(H,16,17). The third-order valence-electron chi connectivity index (χ3n) is 2.42. The van der Waals surface area contributed by atoms with E-state index in [0.29, 0.717) is 17.1 Å². The first-order valence-corrected chi connectivity index (χ1v) is 5.91. The second-order valence-corrected chi connectivity index (χ2v) is 5.53. The fourth-order valence-electron chi connectivity index (χ4n) is 1.61. The zero-order valence-electron chi connectivity index (χ0n) is 10.5. The lowest BCUT2D eigenvalue weighted by Gasteiger charge is -2.22. The molecule has 0 aliphatic heterocycles. The molecule has 0 saturated carbocycles. The molecule has 1 amide bonds. The first kappa shape index (κ1) is 13.8. The number of carbonyl (C=O) groups is 1. The maximum absolute atomic E-state index is 12.0. The maximum Gasteiger partial charge on any atom is 0.251 e. The highest BCUT2D eigenvalue weighted by atomic mass is 35.5. The van der Waals surface area contributed by atoms with Gasteiger partial charge in [-0.05, 0) is 17.0 Å². The quantitative estimate of drug-likeness (QED) is 0.876. The second kappa shape index (κ2) is 5.37. The van der Waals surface area contributed by atoms with E-state index in [0.717, 1.165) is 5.56 Å². The van der Waals surface area contributed by atoms with Gasteiger partial charge in [-0.3, -0.25) is 4.79 Å². The van der Waals surface area contributed by atoms with Gasteiger partial charge < -0.3 is 5.32 Å². The van der Waals surface area contributed by atoms with Gasteiger partial charge in [0.15, 0.2) is 0 Å². The van der Waals surface area contributed by atoms with Gasteiger partial charge in [-0.1, -0.05) is 57.2 Å². The van der Waals surface area contributed by atoms with Gasteiger partial charge in [-0.2, -0.15) is 0 Å². The van der Waals surface area contributed by atoms with Gasteiger partial charge in [0.25, 0.3) is 5.91 Å². The molecule has 1 N–H and O–H groups in total. The zero-order chi connectivity index (χ0) is 13.1. The summed E-state index contributed by atoms with van der Waals surface area (Å²) in [6.07, 6.45) is 0. The summed E-state index contributed by atoms with van der Waals surface area (Å²) in [5.74, 6) is -0.114. The highest BCUT2D eigenvalue weighted by molar-refractivity contribution is 6.29. The molecule has 3 heteroatoms. The topological polar surface area (TPSA) is 29.1 Å². The van der Waals surface area contributed by atoms with Gasteiger partial charge in [-0.15, -0.1) is 0 Å². The molecule has 0 aromatic heterocycles. The van der Waals surface area contributed by atoms with Crippen molar-refractivity contribution in [2.24, 2.45) is 0 Å². The Hall–Kier alpha value is -1.28. The summed E-state index contributed by atoms with van der Waals surface area (Å²) in [5, 5.41) is 3.16. The number of halogens is 1. The van der Waals surface area contributed by atoms with E-state index in [1.807, 2.05) is 24.3 Å². The number of hydrogen-bond donors (Lipinski definition) is 1. The van der Waals surface area contributed by atoms with Crippen molar-refractivity contribution in [2.75, 3.05) is 6.54 Å². The van der Waals surface area contributed by atoms with E-state index in [1.54, 1.807) is 0 Å². The largest absolute Gasteiger partial charge is 0.347 e. The third-order valence-corrected chi connectivity index (χ3v) is 2.55. The van der Waals surface area contributed by atoms with Crippen LogP contribution in [0.5, 0.6) is 0 Å². The molecule has 1 aromatic carbocycles. The summed E-state index contributed by atoms with van der Waals surface area (Å²) in [6.45, 7) is 10.1. The number of nitrogens with one attached hydrogen (secondary N) is 1. The summed E-state index contributed by atoms with van der Waals surface area (Å²) >= 11 is 5.63.